The summed E-state index contributed by atoms with van der Waals surface area (Å²) in [6.07, 6.45) is 17.3. The fraction of sp³-hybridized carbons (Fsp3) is 0.800. The van der Waals surface area contributed by atoms with Gasteiger partial charge in [-0.25, -0.2) is 0 Å². The number of ether oxygens (including phenoxy) is 2. The minimum atomic E-state index is -0.169. The molecule has 4 unspecified atom stereocenters. The van der Waals surface area contributed by atoms with Gasteiger partial charge in [0, 0.05) is 18.9 Å². The monoisotopic (exact) mass is 382 g/mol. The van der Waals surface area contributed by atoms with E-state index in [1.54, 1.807) is 7.11 Å². The van der Waals surface area contributed by atoms with Crippen LogP contribution in [-0.2, 0) is 14.3 Å². The number of hydrogen-bond acceptors (Lipinski definition) is 3. The second kappa shape index (κ2) is 6.04. The van der Waals surface area contributed by atoms with Crippen LogP contribution in [0.5, 0.6) is 0 Å². The number of methoxy groups -OCH3 is 1. The van der Waals surface area contributed by atoms with Crippen molar-refractivity contribution in [2.24, 2.45) is 40.9 Å². The Morgan fingerprint density at radius 3 is 2.71 bits per heavy atom. The van der Waals surface area contributed by atoms with Crippen LogP contribution in [0.3, 0.4) is 0 Å². The fourth-order valence-corrected chi connectivity index (χ4v) is 8.44. The SMILES string of the molecule is COC1C=C[C@@]2(CCC3C4C(CC[C@@]32C)[C@H]2CCC(=O)C=C2C[C@H]4C2CC2)O1. The van der Waals surface area contributed by atoms with Crippen LogP contribution in [0, 0.1) is 40.9 Å². The topological polar surface area (TPSA) is 35.5 Å². The van der Waals surface area contributed by atoms with E-state index in [4.69, 9.17) is 9.47 Å². The van der Waals surface area contributed by atoms with E-state index < -0.39 is 0 Å². The Balaban J connectivity index is 1.37. The molecule has 0 N–H and O–H groups in total. The Bertz CT molecular complexity index is 749. The second-order valence-corrected chi connectivity index (χ2v) is 10.8. The lowest BCUT2D eigenvalue weighted by atomic mass is 9.47. The quantitative estimate of drug-likeness (QED) is 0.626. The summed E-state index contributed by atoms with van der Waals surface area (Å²) in [5.74, 6) is 5.19. The molecule has 3 nitrogen and oxygen atoms in total. The van der Waals surface area contributed by atoms with Crippen molar-refractivity contribution in [3.63, 3.8) is 0 Å². The maximum absolute atomic E-state index is 12.1. The first-order valence-electron chi connectivity index (χ1n) is 11.7. The lowest BCUT2D eigenvalue weighted by Gasteiger charge is -2.58. The molecule has 3 heteroatoms. The van der Waals surface area contributed by atoms with Crippen LogP contribution in [0.15, 0.2) is 23.8 Å². The number of allylic oxidation sites excluding steroid dienone is 1. The van der Waals surface area contributed by atoms with Gasteiger partial charge in [-0.15, -0.1) is 0 Å². The summed E-state index contributed by atoms with van der Waals surface area (Å²) >= 11 is 0. The van der Waals surface area contributed by atoms with Crippen molar-refractivity contribution in [3.8, 4) is 0 Å². The van der Waals surface area contributed by atoms with Crippen molar-refractivity contribution in [2.45, 2.75) is 76.6 Å². The molecule has 6 rings (SSSR count). The normalized spacial score (nSPS) is 52.4. The molecule has 1 aliphatic heterocycles. The Kier molecular flexibility index (Phi) is 3.86. The van der Waals surface area contributed by atoms with E-state index in [1.165, 1.54) is 44.1 Å². The van der Waals surface area contributed by atoms with Crippen LogP contribution >= 0.6 is 0 Å². The van der Waals surface area contributed by atoms with Gasteiger partial charge in [-0.2, -0.15) is 0 Å². The molecule has 0 aromatic carbocycles. The van der Waals surface area contributed by atoms with E-state index >= 15 is 0 Å². The predicted molar refractivity (Wildman–Crippen MR) is 107 cm³/mol. The van der Waals surface area contributed by atoms with Gasteiger partial charge in [0.25, 0.3) is 0 Å². The Morgan fingerprint density at radius 2 is 1.96 bits per heavy atom. The van der Waals surface area contributed by atoms with Gasteiger partial charge < -0.3 is 9.47 Å². The van der Waals surface area contributed by atoms with Crippen molar-refractivity contribution < 1.29 is 14.3 Å². The van der Waals surface area contributed by atoms with Crippen molar-refractivity contribution >= 4 is 5.78 Å². The van der Waals surface area contributed by atoms with E-state index in [2.05, 4.69) is 25.2 Å². The van der Waals surface area contributed by atoms with Crippen LogP contribution in [0.2, 0.25) is 0 Å². The van der Waals surface area contributed by atoms with E-state index in [9.17, 15) is 4.79 Å². The highest BCUT2D eigenvalue weighted by atomic mass is 16.7. The van der Waals surface area contributed by atoms with Gasteiger partial charge in [-0.1, -0.05) is 18.6 Å². The molecule has 0 bridgehead atoms. The number of carbonyl (C=O) groups excluding carboxylic acids is 1. The predicted octanol–water partition coefficient (Wildman–Crippen LogP) is 5.06. The summed E-state index contributed by atoms with van der Waals surface area (Å²) in [4.78, 5) is 12.1. The molecule has 8 atom stereocenters. The van der Waals surface area contributed by atoms with E-state index in [-0.39, 0.29) is 17.3 Å². The van der Waals surface area contributed by atoms with E-state index in [1.807, 2.05) is 0 Å². The second-order valence-electron chi connectivity index (χ2n) is 10.8. The maximum atomic E-state index is 12.1. The molecule has 0 saturated heterocycles. The minimum absolute atomic E-state index is 0.115. The molecule has 1 spiro atoms. The Hall–Kier alpha value is -0.930. The zero-order valence-electron chi connectivity index (χ0n) is 17.4. The lowest BCUT2D eigenvalue weighted by Crippen LogP contribution is -2.55. The standard InChI is InChI=1S/C25H34O3/c1-24-10-7-19-18-6-5-17(26)13-16(18)14-20(15-3-4-15)23(19)21(24)8-11-25(24)12-9-22(27-2)28-25/h9,12-13,15,18-23H,3-8,10-11,14H2,1-2H3/t18-,19?,20-,21?,22?,23?,24-,25+/m0/s1. The number of rotatable bonds is 2. The molecule has 152 valence electrons. The molecule has 0 amide bonds. The average molecular weight is 383 g/mol. The Morgan fingerprint density at radius 1 is 1.11 bits per heavy atom. The summed E-state index contributed by atoms with van der Waals surface area (Å²) in [5, 5.41) is 0. The summed E-state index contributed by atoms with van der Waals surface area (Å²) in [7, 11) is 1.75. The van der Waals surface area contributed by atoms with Gasteiger partial charge in [0.15, 0.2) is 12.1 Å². The van der Waals surface area contributed by atoms with Crippen molar-refractivity contribution in [1.82, 2.24) is 0 Å². The number of fused-ring (bicyclic) bond motifs is 6. The number of ketones is 1. The summed E-state index contributed by atoms with van der Waals surface area (Å²) < 4.78 is 12.1. The van der Waals surface area contributed by atoms with Crippen LogP contribution in [0.25, 0.3) is 0 Å². The van der Waals surface area contributed by atoms with Crippen LogP contribution < -0.4 is 0 Å². The molecule has 0 radical (unpaired) electrons. The van der Waals surface area contributed by atoms with Gasteiger partial charge in [0.2, 0.25) is 0 Å². The minimum Gasteiger partial charge on any atom is -0.352 e. The smallest absolute Gasteiger partial charge is 0.177 e. The molecule has 0 aromatic heterocycles. The fourth-order valence-electron chi connectivity index (χ4n) is 8.44. The Labute approximate surface area is 168 Å². The van der Waals surface area contributed by atoms with E-state index in [0.717, 1.165) is 48.9 Å². The highest BCUT2D eigenvalue weighted by Crippen LogP contribution is 2.69. The van der Waals surface area contributed by atoms with Gasteiger partial charge in [0.05, 0.1) is 5.60 Å². The summed E-state index contributed by atoms with van der Waals surface area (Å²) in [5.41, 5.74) is 1.65. The van der Waals surface area contributed by atoms with Crippen molar-refractivity contribution in [3.05, 3.63) is 23.8 Å². The maximum Gasteiger partial charge on any atom is 0.177 e. The number of hydrogen-bond donors (Lipinski definition) is 0. The molecule has 4 saturated carbocycles. The third-order valence-corrected chi connectivity index (χ3v) is 9.88. The molecule has 28 heavy (non-hydrogen) atoms. The summed E-state index contributed by atoms with van der Waals surface area (Å²) in [6.45, 7) is 2.53. The summed E-state index contributed by atoms with van der Waals surface area (Å²) in [6, 6.07) is 0. The largest absolute Gasteiger partial charge is 0.352 e. The lowest BCUT2D eigenvalue weighted by molar-refractivity contribution is -0.194. The molecule has 4 fully saturated rings. The third-order valence-electron chi connectivity index (χ3n) is 9.88. The molecular formula is C25H34O3. The van der Waals surface area contributed by atoms with Gasteiger partial charge in [0.1, 0.15) is 0 Å². The first-order chi connectivity index (χ1) is 13.5. The third kappa shape index (κ3) is 2.32. The van der Waals surface area contributed by atoms with Gasteiger partial charge in [-0.05, 0) is 99.0 Å². The molecule has 6 aliphatic rings. The van der Waals surface area contributed by atoms with Gasteiger partial charge in [-0.3, -0.25) is 4.79 Å². The van der Waals surface area contributed by atoms with Crippen molar-refractivity contribution in [1.29, 1.82) is 0 Å². The first kappa shape index (κ1) is 17.9. The highest BCUT2D eigenvalue weighted by molar-refractivity contribution is 5.91. The average Bonchev–Trinajstić information content (AvgIpc) is 3.38. The molecule has 5 aliphatic carbocycles. The van der Waals surface area contributed by atoms with Crippen molar-refractivity contribution in [2.75, 3.05) is 7.11 Å². The van der Waals surface area contributed by atoms with Gasteiger partial charge >= 0.3 is 0 Å². The zero-order chi connectivity index (χ0) is 19.1. The highest BCUT2D eigenvalue weighted by Gasteiger charge is 2.66. The van der Waals surface area contributed by atoms with Crippen LogP contribution in [0.4, 0.5) is 0 Å². The molecule has 1 heterocycles. The van der Waals surface area contributed by atoms with Crippen LogP contribution in [0.1, 0.15) is 64.7 Å². The first-order valence-corrected chi connectivity index (χ1v) is 11.7. The van der Waals surface area contributed by atoms with Crippen LogP contribution in [-0.4, -0.2) is 24.8 Å². The zero-order valence-corrected chi connectivity index (χ0v) is 17.4. The molecular weight excluding hydrogens is 348 g/mol. The number of carbonyl (C=O) groups is 1. The van der Waals surface area contributed by atoms with E-state index in [0.29, 0.717) is 11.7 Å². The molecule has 0 aromatic rings.